The van der Waals surface area contributed by atoms with Crippen LogP contribution >= 0.6 is 0 Å². The van der Waals surface area contributed by atoms with E-state index >= 15 is 0 Å². The second kappa shape index (κ2) is 6.64. The summed E-state index contributed by atoms with van der Waals surface area (Å²) < 4.78 is 5.28. The van der Waals surface area contributed by atoms with Crippen molar-refractivity contribution in [3.63, 3.8) is 0 Å². The molecule has 1 heterocycles. The van der Waals surface area contributed by atoms with E-state index in [1.165, 1.54) is 0 Å². The first-order chi connectivity index (χ1) is 7.18. The van der Waals surface area contributed by atoms with Crippen LogP contribution in [0.1, 0.15) is 13.8 Å². The van der Waals surface area contributed by atoms with Crippen LogP contribution in [0, 0.1) is 0 Å². The Morgan fingerprint density at radius 2 is 2.13 bits per heavy atom. The van der Waals surface area contributed by atoms with E-state index in [0.717, 1.165) is 38.5 Å². The van der Waals surface area contributed by atoms with Gasteiger partial charge in [0, 0.05) is 31.4 Å². The van der Waals surface area contributed by atoms with Crippen molar-refractivity contribution in [2.24, 2.45) is 0 Å². The van der Waals surface area contributed by atoms with E-state index < -0.39 is 0 Å². The number of ether oxygens (including phenoxy) is 1. The molecule has 0 unspecified atom stereocenters. The molecule has 0 atom stereocenters. The standard InChI is InChI=1S/C12H22N2O/c1-11(2)13-12(3)5-4-6-14-7-9-15-10-8-14/h4-5,11,13H,3,6-10H2,1-2H3/b5-4+. The van der Waals surface area contributed by atoms with Gasteiger partial charge in [-0.3, -0.25) is 4.90 Å². The molecule has 15 heavy (non-hydrogen) atoms. The summed E-state index contributed by atoms with van der Waals surface area (Å²) in [6, 6.07) is 0.450. The van der Waals surface area contributed by atoms with Gasteiger partial charge in [0.15, 0.2) is 0 Å². The van der Waals surface area contributed by atoms with Crippen molar-refractivity contribution in [3.8, 4) is 0 Å². The third-order valence-electron chi connectivity index (χ3n) is 2.26. The fourth-order valence-corrected chi connectivity index (χ4v) is 1.55. The van der Waals surface area contributed by atoms with E-state index in [4.69, 9.17) is 4.74 Å². The van der Waals surface area contributed by atoms with Crippen molar-refractivity contribution in [3.05, 3.63) is 24.4 Å². The summed E-state index contributed by atoms with van der Waals surface area (Å²) in [6.07, 6.45) is 4.21. The minimum absolute atomic E-state index is 0.450. The average Bonchev–Trinajstić information content (AvgIpc) is 2.18. The van der Waals surface area contributed by atoms with Gasteiger partial charge in [-0.2, -0.15) is 0 Å². The van der Waals surface area contributed by atoms with Crippen LogP contribution in [-0.4, -0.2) is 43.8 Å². The van der Waals surface area contributed by atoms with Crippen LogP contribution < -0.4 is 5.32 Å². The summed E-state index contributed by atoms with van der Waals surface area (Å²) in [5, 5.41) is 3.26. The van der Waals surface area contributed by atoms with E-state index in [9.17, 15) is 0 Å². The van der Waals surface area contributed by atoms with Crippen LogP contribution in [0.4, 0.5) is 0 Å². The first-order valence-corrected chi connectivity index (χ1v) is 5.60. The molecule has 0 aromatic rings. The van der Waals surface area contributed by atoms with Crippen LogP contribution in [-0.2, 0) is 4.74 Å². The van der Waals surface area contributed by atoms with Crippen LogP contribution in [0.2, 0.25) is 0 Å². The summed E-state index contributed by atoms with van der Waals surface area (Å²) in [5.74, 6) is 0. The van der Waals surface area contributed by atoms with Gasteiger partial charge >= 0.3 is 0 Å². The Hall–Kier alpha value is -0.800. The largest absolute Gasteiger partial charge is 0.383 e. The summed E-state index contributed by atoms with van der Waals surface area (Å²) in [7, 11) is 0. The van der Waals surface area contributed by atoms with Gasteiger partial charge in [-0.15, -0.1) is 0 Å². The summed E-state index contributed by atoms with van der Waals surface area (Å²) in [6.45, 7) is 12.9. The van der Waals surface area contributed by atoms with Gasteiger partial charge in [0.1, 0.15) is 0 Å². The van der Waals surface area contributed by atoms with Gasteiger partial charge < -0.3 is 10.1 Å². The zero-order valence-electron chi connectivity index (χ0n) is 9.83. The molecule has 0 aromatic heterocycles. The fraction of sp³-hybridized carbons (Fsp3) is 0.667. The van der Waals surface area contributed by atoms with E-state index in [1.54, 1.807) is 0 Å². The monoisotopic (exact) mass is 210 g/mol. The molecular formula is C12H22N2O. The topological polar surface area (TPSA) is 24.5 Å². The van der Waals surface area contributed by atoms with Crippen molar-refractivity contribution < 1.29 is 4.74 Å². The van der Waals surface area contributed by atoms with Gasteiger partial charge in [-0.25, -0.2) is 0 Å². The molecule has 1 aliphatic rings. The van der Waals surface area contributed by atoms with Crippen LogP contribution in [0.3, 0.4) is 0 Å². The number of nitrogens with zero attached hydrogens (tertiary/aromatic N) is 1. The van der Waals surface area contributed by atoms with Gasteiger partial charge in [-0.05, 0) is 19.9 Å². The molecular weight excluding hydrogens is 188 g/mol. The fourth-order valence-electron chi connectivity index (χ4n) is 1.55. The highest BCUT2D eigenvalue weighted by Crippen LogP contribution is 1.97. The number of rotatable bonds is 5. The third kappa shape index (κ3) is 5.60. The van der Waals surface area contributed by atoms with E-state index in [2.05, 4.69) is 42.8 Å². The molecule has 0 bridgehead atoms. The number of hydrogen-bond donors (Lipinski definition) is 1. The smallest absolute Gasteiger partial charge is 0.0594 e. The SMILES string of the molecule is C=C(/C=C/CN1CCOCC1)NC(C)C. The Labute approximate surface area is 92.8 Å². The van der Waals surface area contributed by atoms with Crippen molar-refractivity contribution in [1.29, 1.82) is 0 Å². The first-order valence-electron chi connectivity index (χ1n) is 5.60. The molecule has 1 N–H and O–H groups in total. The molecule has 1 fully saturated rings. The lowest BCUT2D eigenvalue weighted by Crippen LogP contribution is -2.36. The predicted molar refractivity (Wildman–Crippen MR) is 63.8 cm³/mol. The zero-order chi connectivity index (χ0) is 11.1. The summed E-state index contributed by atoms with van der Waals surface area (Å²) in [5.41, 5.74) is 0.984. The number of hydrogen-bond acceptors (Lipinski definition) is 3. The quantitative estimate of drug-likeness (QED) is 0.694. The summed E-state index contributed by atoms with van der Waals surface area (Å²) >= 11 is 0. The molecule has 0 spiro atoms. The minimum atomic E-state index is 0.450. The minimum Gasteiger partial charge on any atom is -0.383 e. The molecule has 1 aliphatic heterocycles. The molecule has 0 radical (unpaired) electrons. The molecule has 86 valence electrons. The van der Waals surface area contributed by atoms with Crippen molar-refractivity contribution in [2.75, 3.05) is 32.8 Å². The lowest BCUT2D eigenvalue weighted by atomic mass is 10.3. The Morgan fingerprint density at radius 1 is 1.47 bits per heavy atom. The lowest BCUT2D eigenvalue weighted by Gasteiger charge is -2.25. The Kier molecular flexibility index (Phi) is 5.43. The van der Waals surface area contributed by atoms with Crippen molar-refractivity contribution >= 4 is 0 Å². The highest BCUT2D eigenvalue weighted by Gasteiger charge is 2.07. The van der Waals surface area contributed by atoms with Gasteiger partial charge in [-0.1, -0.05) is 12.7 Å². The van der Waals surface area contributed by atoms with E-state index in [-0.39, 0.29) is 0 Å². The Bertz CT molecular complexity index is 218. The van der Waals surface area contributed by atoms with Gasteiger partial charge in [0.05, 0.1) is 13.2 Å². The Balaban J connectivity index is 2.17. The number of morpholine rings is 1. The zero-order valence-corrected chi connectivity index (χ0v) is 9.83. The summed E-state index contributed by atoms with van der Waals surface area (Å²) in [4.78, 5) is 2.38. The number of nitrogens with one attached hydrogen (secondary N) is 1. The van der Waals surface area contributed by atoms with Crippen LogP contribution in [0.5, 0.6) is 0 Å². The number of allylic oxidation sites excluding steroid dienone is 1. The maximum Gasteiger partial charge on any atom is 0.0594 e. The Morgan fingerprint density at radius 3 is 2.73 bits per heavy atom. The maximum atomic E-state index is 5.28. The van der Waals surface area contributed by atoms with Gasteiger partial charge in [0.25, 0.3) is 0 Å². The average molecular weight is 210 g/mol. The lowest BCUT2D eigenvalue weighted by molar-refractivity contribution is 0.0434. The molecule has 0 saturated carbocycles. The second-order valence-electron chi connectivity index (χ2n) is 4.14. The molecule has 0 aromatic carbocycles. The maximum absolute atomic E-state index is 5.28. The van der Waals surface area contributed by atoms with E-state index in [0.29, 0.717) is 6.04 Å². The highest BCUT2D eigenvalue weighted by atomic mass is 16.5. The molecule has 3 nitrogen and oxygen atoms in total. The predicted octanol–water partition coefficient (Wildman–Crippen LogP) is 1.39. The van der Waals surface area contributed by atoms with E-state index in [1.807, 2.05) is 0 Å². The molecule has 0 aliphatic carbocycles. The second-order valence-corrected chi connectivity index (χ2v) is 4.14. The van der Waals surface area contributed by atoms with Gasteiger partial charge in [0.2, 0.25) is 0 Å². The first kappa shape index (κ1) is 12.3. The third-order valence-corrected chi connectivity index (χ3v) is 2.26. The van der Waals surface area contributed by atoms with Crippen molar-refractivity contribution in [2.45, 2.75) is 19.9 Å². The van der Waals surface area contributed by atoms with Crippen molar-refractivity contribution in [1.82, 2.24) is 10.2 Å². The molecule has 1 rings (SSSR count). The van der Waals surface area contributed by atoms with Crippen LogP contribution in [0.25, 0.3) is 0 Å². The molecule has 0 amide bonds. The molecule has 1 saturated heterocycles. The highest BCUT2D eigenvalue weighted by molar-refractivity contribution is 5.13. The van der Waals surface area contributed by atoms with Crippen LogP contribution in [0.15, 0.2) is 24.4 Å². The normalized spacial score (nSPS) is 18.6. The molecule has 3 heteroatoms.